The van der Waals surface area contributed by atoms with Crippen LogP contribution in [0.25, 0.3) is 0 Å². The molecule has 0 unspecified atom stereocenters. The maximum atomic E-state index is 13.8. The van der Waals surface area contributed by atoms with Gasteiger partial charge >= 0.3 is 0 Å². The van der Waals surface area contributed by atoms with E-state index in [0.29, 0.717) is 39.8 Å². The van der Waals surface area contributed by atoms with E-state index < -0.39 is 12.0 Å². The highest BCUT2D eigenvalue weighted by Crippen LogP contribution is 2.44. The van der Waals surface area contributed by atoms with Crippen molar-refractivity contribution in [3.05, 3.63) is 77.4 Å². The first kappa shape index (κ1) is 23.9. The molecule has 8 nitrogen and oxygen atoms in total. The summed E-state index contributed by atoms with van der Waals surface area (Å²) in [4.78, 5) is 28.7. The number of nitrogens with zero attached hydrogens (tertiary/aromatic N) is 1. The van der Waals surface area contributed by atoms with Gasteiger partial charge in [-0.3, -0.25) is 9.59 Å². The second-order valence-corrected chi connectivity index (χ2v) is 8.10. The monoisotopic (exact) mass is 476 g/mol. The van der Waals surface area contributed by atoms with Gasteiger partial charge in [0.25, 0.3) is 5.91 Å². The van der Waals surface area contributed by atoms with Gasteiger partial charge in [0.05, 0.1) is 40.4 Å². The Morgan fingerprint density at radius 1 is 0.800 bits per heavy atom. The van der Waals surface area contributed by atoms with E-state index in [1.54, 1.807) is 75.7 Å². The molecule has 0 bridgehead atoms. The SMILES string of the molecule is COc1ccc(NC(=O)[C@@H]2c3ccccc3C(=O)N(C)[C@H]2c2ccc(OC)c(OC)c2)cc1OC. The van der Waals surface area contributed by atoms with Crippen molar-refractivity contribution in [3.8, 4) is 23.0 Å². The number of anilines is 1. The molecule has 182 valence electrons. The van der Waals surface area contributed by atoms with Gasteiger partial charge in [0, 0.05) is 24.4 Å². The van der Waals surface area contributed by atoms with Crippen LogP contribution in [0, 0.1) is 0 Å². The van der Waals surface area contributed by atoms with Gasteiger partial charge in [-0.05, 0) is 41.5 Å². The fourth-order valence-corrected chi connectivity index (χ4v) is 4.54. The number of fused-ring (bicyclic) bond motifs is 1. The van der Waals surface area contributed by atoms with E-state index >= 15 is 0 Å². The van der Waals surface area contributed by atoms with E-state index in [1.165, 1.54) is 7.11 Å². The Labute approximate surface area is 204 Å². The number of carbonyl (C=O) groups is 2. The molecular formula is C27H28N2O6. The molecule has 2 amide bonds. The average Bonchev–Trinajstić information content (AvgIpc) is 2.89. The van der Waals surface area contributed by atoms with Gasteiger partial charge in [0.1, 0.15) is 0 Å². The number of hydrogen-bond acceptors (Lipinski definition) is 6. The smallest absolute Gasteiger partial charge is 0.254 e. The minimum atomic E-state index is -0.680. The Bertz CT molecular complexity index is 1260. The molecule has 2 atom stereocenters. The minimum Gasteiger partial charge on any atom is -0.493 e. The quantitative estimate of drug-likeness (QED) is 0.548. The molecule has 4 rings (SSSR count). The van der Waals surface area contributed by atoms with Crippen LogP contribution in [0.15, 0.2) is 60.7 Å². The first-order valence-corrected chi connectivity index (χ1v) is 11.0. The van der Waals surface area contributed by atoms with Crippen LogP contribution in [-0.2, 0) is 4.79 Å². The lowest BCUT2D eigenvalue weighted by Gasteiger charge is -2.40. The number of nitrogens with one attached hydrogen (secondary N) is 1. The molecule has 3 aromatic carbocycles. The van der Waals surface area contributed by atoms with Crippen LogP contribution >= 0.6 is 0 Å². The highest BCUT2D eigenvalue weighted by molar-refractivity contribution is 6.04. The zero-order valence-corrected chi connectivity index (χ0v) is 20.3. The Kier molecular flexibility index (Phi) is 6.82. The number of rotatable bonds is 7. The van der Waals surface area contributed by atoms with Gasteiger partial charge in [0.2, 0.25) is 5.91 Å². The number of likely N-dealkylation sites (N-methyl/N-ethyl adjacent to an activating group) is 1. The van der Waals surface area contributed by atoms with Crippen LogP contribution in [0.4, 0.5) is 5.69 Å². The van der Waals surface area contributed by atoms with Gasteiger partial charge < -0.3 is 29.2 Å². The van der Waals surface area contributed by atoms with E-state index in [1.807, 2.05) is 18.2 Å². The largest absolute Gasteiger partial charge is 0.493 e. The Hall–Kier alpha value is -4.20. The lowest BCUT2D eigenvalue weighted by atomic mass is 9.79. The van der Waals surface area contributed by atoms with Gasteiger partial charge in [-0.2, -0.15) is 0 Å². The van der Waals surface area contributed by atoms with Gasteiger partial charge in [-0.15, -0.1) is 0 Å². The summed E-state index contributed by atoms with van der Waals surface area (Å²) in [6.45, 7) is 0. The topological polar surface area (TPSA) is 86.3 Å². The van der Waals surface area contributed by atoms with Crippen molar-refractivity contribution in [3.63, 3.8) is 0 Å². The average molecular weight is 477 g/mol. The van der Waals surface area contributed by atoms with Crippen molar-refractivity contribution in [2.45, 2.75) is 12.0 Å². The molecule has 1 heterocycles. The number of ether oxygens (including phenoxy) is 4. The molecule has 8 heteroatoms. The maximum absolute atomic E-state index is 13.8. The van der Waals surface area contributed by atoms with Crippen molar-refractivity contribution in [2.24, 2.45) is 0 Å². The van der Waals surface area contributed by atoms with E-state index in [9.17, 15) is 9.59 Å². The third-order valence-corrected chi connectivity index (χ3v) is 6.26. The zero-order chi connectivity index (χ0) is 25.1. The number of methoxy groups -OCH3 is 4. The van der Waals surface area contributed by atoms with Crippen LogP contribution in [0.2, 0.25) is 0 Å². The van der Waals surface area contributed by atoms with Crippen molar-refractivity contribution < 1.29 is 28.5 Å². The fraction of sp³-hybridized carbons (Fsp3) is 0.259. The lowest BCUT2D eigenvalue weighted by molar-refractivity contribution is -0.119. The van der Waals surface area contributed by atoms with Crippen LogP contribution in [0.3, 0.4) is 0 Å². The Morgan fingerprint density at radius 3 is 2.06 bits per heavy atom. The summed E-state index contributed by atoms with van der Waals surface area (Å²) in [5.41, 5.74) is 2.46. The highest BCUT2D eigenvalue weighted by Gasteiger charge is 2.43. The molecule has 0 saturated heterocycles. The molecule has 1 aliphatic rings. The summed E-state index contributed by atoms with van der Waals surface area (Å²) in [6, 6.07) is 17.2. The maximum Gasteiger partial charge on any atom is 0.254 e. The molecule has 0 radical (unpaired) electrons. The number of carbonyl (C=O) groups excluding carboxylic acids is 2. The molecule has 1 N–H and O–H groups in total. The van der Waals surface area contributed by atoms with Crippen LogP contribution in [0.1, 0.15) is 33.4 Å². The molecule has 1 aliphatic heterocycles. The second-order valence-electron chi connectivity index (χ2n) is 8.10. The van der Waals surface area contributed by atoms with E-state index in [2.05, 4.69) is 5.32 Å². The zero-order valence-electron chi connectivity index (χ0n) is 20.3. The summed E-state index contributed by atoms with van der Waals surface area (Å²) in [6.07, 6.45) is 0. The number of benzene rings is 3. The molecule has 0 fully saturated rings. The van der Waals surface area contributed by atoms with Crippen molar-refractivity contribution >= 4 is 17.5 Å². The Balaban J connectivity index is 1.80. The van der Waals surface area contributed by atoms with Gasteiger partial charge in [0.15, 0.2) is 23.0 Å². The van der Waals surface area contributed by atoms with Crippen LogP contribution in [0.5, 0.6) is 23.0 Å². The van der Waals surface area contributed by atoms with Crippen molar-refractivity contribution in [2.75, 3.05) is 40.8 Å². The van der Waals surface area contributed by atoms with Gasteiger partial charge in [-0.1, -0.05) is 24.3 Å². The fourth-order valence-electron chi connectivity index (χ4n) is 4.54. The predicted octanol–water partition coefficient (Wildman–Crippen LogP) is 4.27. The number of hydrogen-bond donors (Lipinski definition) is 1. The molecular weight excluding hydrogens is 448 g/mol. The normalized spacial score (nSPS) is 16.8. The summed E-state index contributed by atoms with van der Waals surface area (Å²) in [5.74, 6) is 1.04. The lowest BCUT2D eigenvalue weighted by Crippen LogP contribution is -2.44. The second kappa shape index (κ2) is 9.97. The van der Waals surface area contributed by atoms with Crippen molar-refractivity contribution in [1.29, 1.82) is 0 Å². The van der Waals surface area contributed by atoms with E-state index in [-0.39, 0.29) is 11.8 Å². The molecule has 35 heavy (non-hydrogen) atoms. The Morgan fingerprint density at radius 2 is 1.40 bits per heavy atom. The molecule has 0 aliphatic carbocycles. The van der Waals surface area contributed by atoms with E-state index in [4.69, 9.17) is 18.9 Å². The summed E-state index contributed by atoms with van der Waals surface area (Å²) < 4.78 is 21.5. The van der Waals surface area contributed by atoms with Crippen LogP contribution < -0.4 is 24.3 Å². The standard InChI is InChI=1S/C27H28N2O6/c1-29-25(16-10-12-20(32-2)22(14-16)34-4)24(18-8-6-7-9-19(18)27(29)31)26(30)28-17-11-13-21(33-3)23(15-17)35-5/h6-15,24-25H,1-5H3,(H,28,30)/t24-,25+/m1/s1. The summed E-state index contributed by atoms with van der Waals surface area (Å²) >= 11 is 0. The third-order valence-electron chi connectivity index (χ3n) is 6.26. The summed E-state index contributed by atoms with van der Waals surface area (Å²) in [7, 11) is 7.90. The van der Waals surface area contributed by atoms with Crippen LogP contribution in [-0.4, -0.2) is 52.2 Å². The molecule has 0 saturated carbocycles. The summed E-state index contributed by atoms with van der Waals surface area (Å²) in [5, 5.41) is 3.00. The first-order valence-electron chi connectivity index (χ1n) is 11.0. The van der Waals surface area contributed by atoms with E-state index in [0.717, 1.165) is 5.56 Å². The highest BCUT2D eigenvalue weighted by atomic mass is 16.5. The third kappa shape index (κ3) is 4.35. The van der Waals surface area contributed by atoms with Gasteiger partial charge in [-0.25, -0.2) is 0 Å². The predicted molar refractivity (Wildman–Crippen MR) is 132 cm³/mol. The minimum absolute atomic E-state index is 0.157. The molecule has 3 aromatic rings. The van der Waals surface area contributed by atoms with Crippen molar-refractivity contribution in [1.82, 2.24) is 4.90 Å². The number of amides is 2. The molecule has 0 aromatic heterocycles. The molecule has 0 spiro atoms. The first-order chi connectivity index (χ1) is 16.9.